The molecule has 7 heteroatoms. The molecular weight excluding hydrogens is 416 g/mol. The van der Waals surface area contributed by atoms with Crippen molar-refractivity contribution < 1.29 is 14.4 Å². The first-order valence-electron chi connectivity index (χ1n) is 12.3. The lowest BCUT2D eigenvalue weighted by atomic mass is 9.73. The van der Waals surface area contributed by atoms with Gasteiger partial charge in [0.2, 0.25) is 5.91 Å². The highest BCUT2D eigenvalue weighted by Gasteiger charge is 2.55. The molecule has 3 rings (SSSR count). The van der Waals surface area contributed by atoms with Gasteiger partial charge in [-0.05, 0) is 63.6 Å². The number of aryl methyl sites for hydroxylation is 1. The molecule has 2 heterocycles. The molecule has 1 aromatic carbocycles. The Morgan fingerprint density at radius 3 is 2.42 bits per heavy atom. The number of carbonyl (C=O) groups is 3. The Kier molecular flexibility index (Phi) is 8.51. The number of likely N-dealkylation sites (tertiary alicyclic amines) is 1. The van der Waals surface area contributed by atoms with E-state index in [2.05, 4.69) is 31.3 Å². The van der Waals surface area contributed by atoms with E-state index in [1.54, 1.807) is 0 Å². The second-order valence-electron chi connectivity index (χ2n) is 10.2. The van der Waals surface area contributed by atoms with Crippen LogP contribution in [0.2, 0.25) is 0 Å². The highest BCUT2D eigenvalue weighted by Crippen LogP contribution is 2.38. The summed E-state index contributed by atoms with van der Waals surface area (Å²) in [5.41, 5.74) is 0.331. The molecule has 7 nitrogen and oxygen atoms in total. The van der Waals surface area contributed by atoms with Gasteiger partial charge in [0, 0.05) is 32.6 Å². The molecule has 0 spiro atoms. The number of urea groups is 1. The summed E-state index contributed by atoms with van der Waals surface area (Å²) < 4.78 is 0. The van der Waals surface area contributed by atoms with Crippen LogP contribution in [0.4, 0.5) is 4.79 Å². The van der Waals surface area contributed by atoms with E-state index in [-0.39, 0.29) is 23.8 Å². The zero-order valence-electron chi connectivity index (χ0n) is 20.7. The van der Waals surface area contributed by atoms with Gasteiger partial charge >= 0.3 is 6.03 Å². The van der Waals surface area contributed by atoms with E-state index in [1.165, 1.54) is 10.5 Å². The van der Waals surface area contributed by atoms with Crippen molar-refractivity contribution in [2.24, 2.45) is 11.8 Å². The summed E-state index contributed by atoms with van der Waals surface area (Å²) in [6.07, 6.45) is 4.25. The lowest BCUT2D eigenvalue weighted by Gasteiger charge is -2.41. The maximum atomic E-state index is 13.6. The average Bonchev–Trinajstić information content (AvgIpc) is 3.05. The molecule has 0 saturated carbocycles. The molecule has 1 aromatic rings. The number of hydrogen-bond donors (Lipinski definition) is 1. The quantitative estimate of drug-likeness (QED) is 0.549. The van der Waals surface area contributed by atoms with Crippen molar-refractivity contribution in [2.45, 2.75) is 57.9 Å². The zero-order valence-corrected chi connectivity index (χ0v) is 20.7. The monoisotopic (exact) mass is 456 g/mol. The molecule has 0 bridgehead atoms. The molecule has 0 radical (unpaired) electrons. The highest BCUT2D eigenvalue weighted by atomic mass is 16.2. The molecule has 33 heavy (non-hydrogen) atoms. The van der Waals surface area contributed by atoms with Crippen molar-refractivity contribution in [3.05, 3.63) is 35.9 Å². The fraction of sp³-hybridized carbons (Fsp3) is 0.654. The number of imide groups is 1. The summed E-state index contributed by atoms with van der Waals surface area (Å²) >= 11 is 0. The third-order valence-electron chi connectivity index (χ3n) is 7.10. The van der Waals surface area contributed by atoms with E-state index in [4.69, 9.17) is 0 Å². The van der Waals surface area contributed by atoms with Crippen LogP contribution in [0.1, 0.15) is 51.5 Å². The van der Waals surface area contributed by atoms with Gasteiger partial charge in [-0.2, -0.15) is 0 Å². The number of likely N-dealkylation sites (N-methyl/N-ethyl adjacent to an activating group) is 1. The summed E-state index contributed by atoms with van der Waals surface area (Å²) in [4.78, 5) is 44.5. The molecule has 2 saturated heterocycles. The SMILES string of the molecule is CC(C)CC[C@@]1(C2CCN(C(=O)CCc3ccccc3)CC2)NC(=O)N(CCN(C)C)C1=O. The molecule has 182 valence electrons. The molecule has 1 N–H and O–H groups in total. The highest BCUT2D eigenvalue weighted by molar-refractivity contribution is 6.07. The number of benzene rings is 1. The van der Waals surface area contributed by atoms with Crippen LogP contribution in [0.15, 0.2) is 30.3 Å². The first-order chi connectivity index (χ1) is 15.7. The van der Waals surface area contributed by atoms with Crippen molar-refractivity contribution in [2.75, 3.05) is 40.3 Å². The van der Waals surface area contributed by atoms with Crippen molar-refractivity contribution in [3.63, 3.8) is 0 Å². The van der Waals surface area contributed by atoms with Gasteiger partial charge in [-0.15, -0.1) is 0 Å². The van der Waals surface area contributed by atoms with E-state index in [1.807, 2.05) is 42.1 Å². The van der Waals surface area contributed by atoms with E-state index < -0.39 is 5.54 Å². The van der Waals surface area contributed by atoms with E-state index in [0.29, 0.717) is 44.9 Å². The third kappa shape index (κ3) is 6.14. The van der Waals surface area contributed by atoms with E-state index in [9.17, 15) is 14.4 Å². The van der Waals surface area contributed by atoms with Crippen LogP contribution in [0, 0.1) is 11.8 Å². The topological polar surface area (TPSA) is 73.0 Å². The minimum absolute atomic E-state index is 0.0511. The average molecular weight is 457 g/mol. The molecule has 0 unspecified atom stereocenters. The number of carbonyl (C=O) groups excluding carboxylic acids is 3. The van der Waals surface area contributed by atoms with Gasteiger partial charge < -0.3 is 15.1 Å². The van der Waals surface area contributed by atoms with Crippen molar-refractivity contribution in [1.82, 2.24) is 20.0 Å². The van der Waals surface area contributed by atoms with Gasteiger partial charge in [0.15, 0.2) is 0 Å². The normalized spacial score (nSPS) is 21.9. The number of amides is 4. The molecular formula is C26H40N4O3. The van der Waals surface area contributed by atoms with E-state index in [0.717, 1.165) is 25.7 Å². The Bertz CT molecular complexity index is 818. The summed E-state index contributed by atoms with van der Waals surface area (Å²) in [5, 5.41) is 3.12. The summed E-state index contributed by atoms with van der Waals surface area (Å²) in [7, 11) is 3.88. The van der Waals surface area contributed by atoms with Crippen LogP contribution >= 0.6 is 0 Å². The lowest BCUT2D eigenvalue weighted by molar-refractivity contribution is -0.136. The Hall–Kier alpha value is -2.41. The van der Waals surface area contributed by atoms with Crippen molar-refractivity contribution in [1.29, 1.82) is 0 Å². The fourth-order valence-corrected chi connectivity index (χ4v) is 4.99. The van der Waals surface area contributed by atoms with Gasteiger partial charge in [-0.25, -0.2) is 4.79 Å². The zero-order chi connectivity index (χ0) is 24.0. The number of hydrogen-bond acceptors (Lipinski definition) is 4. The standard InChI is InChI=1S/C26H40N4O3/c1-20(2)12-15-26(24(32)30(25(33)27-26)19-18-28(3)4)22-13-16-29(17-14-22)23(31)11-10-21-8-6-5-7-9-21/h5-9,20,22H,10-19H2,1-4H3,(H,27,33)/t26-/m0/s1. The molecule has 4 amide bonds. The van der Waals surface area contributed by atoms with E-state index >= 15 is 0 Å². The summed E-state index contributed by atoms with van der Waals surface area (Å²) in [6, 6.07) is 9.80. The van der Waals surface area contributed by atoms with Crippen LogP contribution in [-0.4, -0.2) is 78.4 Å². The third-order valence-corrected chi connectivity index (χ3v) is 7.10. The second kappa shape index (κ2) is 11.1. The van der Waals surface area contributed by atoms with Crippen LogP contribution in [0.25, 0.3) is 0 Å². The molecule has 1 atom stereocenters. The smallest absolute Gasteiger partial charge is 0.325 e. The van der Waals surface area contributed by atoms with Gasteiger partial charge in [0.05, 0.1) is 0 Å². The van der Waals surface area contributed by atoms with Crippen LogP contribution < -0.4 is 5.32 Å². The predicted octanol–water partition coefficient (Wildman–Crippen LogP) is 3.15. The Morgan fingerprint density at radius 2 is 1.82 bits per heavy atom. The maximum Gasteiger partial charge on any atom is 0.325 e. The first kappa shape index (κ1) is 25.2. The fourth-order valence-electron chi connectivity index (χ4n) is 4.99. The number of rotatable bonds is 10. The van der Waals surface area contributed by atoms with Crippen LogP contribution in [0.5, 0.6) is 0 Å². The molecule has 0 aromatic heterocycles. The minimum atomic E-state index is -0.840. The van der Waals surface area contributed by atoms with Crippen LogP contribution in [-0.2, 0) is 16.0 Å². The second-order valence-corrected chi connectivity index (χ2v) is 10.2. The van der Waals surface area contributed by atoms with Gasteiger partial charge in [-0.1, -0.05) is 44.2 Å². The number of nitrogens with zero attached hydrogens (tertiary/aromatic N) is 3. The Morgan fingerprint density at radius 1 is 1.15 bits per heavy atom. The Labute approximate surface area is 198 Å². The van der Waals surface area contributed by atoms with Gasteiger partial charge in [-0.3, -0.25) is 14.5 Å². The maximum absolute atomic E-state index is 13.6. The molecule has 0 aliphatic carbocycles. The molecule has 2 aliphatic heterocycles. The van der Waals surface area contributed by atoms with Crippen molar-refractivity contribution in [3.8, 4) is 0 Å². The van der Waals surface area contributed by atoms with Crippen LogP contribution in [0.3, 0.4) is 0 Å². The predicted molar refractivity (Wildman–Crippen MR) is 130 cm³/mol. The summed E-state index contributed by atoms with van der Waals surface area (Å²) in [5.74, 6) is 0.587. The lowest BCUT2D eigenvalue weighted by Crippen LogP contribution is -2.56. The first-order valence-corrected chi connectivity index (χ1v) is 12.3. The largest absolute Gasteiger partial charge is 0.343 e. The number of piperidine rings is 1. The molecule has 2 aliphatic rings. The minimum Gasteiger partial charge on any atom is -0.343 e. The van der Waals surface area contributed by atoms with Gasteiger partial charge in [0.1, 0.15) is 5.54 Å². The summed E-state index contributed by atoms with van der Waals surface area (Å²) in [6.45, 7) is 6.62. The Balaban J connectivity index is 1.64. The molecule has 2 fully saturated rings. The van der Waals surface area contributed by atoms with Gasteiger partial charge in [0.25, 0.3) is 5.91 Å². The number of nitrogens with one attached hydrogen (secondary N) is 1. The van der Waals surface area contributed by atoms with Crippen molar-refractivity contribution >= 4 is 17.8 Å².